The number of carboxylic acids is 1. The van der Waals surface area contributed by atoms with Crippen LogP contribution in [0.1, 0.15) is 13.8 Å². The van der Waals surface area contributed by atoms with E-state index in [0.717, 1.165) is 0 Å². The fraction of sp³-hybridized carbons (Fsp3) is 0.667. The van der Waals surface area contributed by atoms with Crippen molar-refractivity contribution in [3.8, 4) is 0 Å². The lowest BCUT2D eigenvalue weighted by molar-refractivity contribution is -0.177. The zero-order valence-corrected chi connectivity index (χ0v) is 10.7. The SMILES string of the molecule is COC(=O)C1=C(C(=O)O)[C@@H]2O[C@H]1[C@H]1OC(C)(C)O[C@H]12. The van der Waals surface area contributed by atoms with Crippen LogP contribution in [0, 0.1) is 0 Å². The summed E-state index contributed by atoms with van der Waals surface area (Å²) in [6.07, 6.45) is -2.50. The Morgan fingerprint density at radius 1 is 1.16 bits per heavy atom. The summed E-state index contributed by atoms with van der Waals surface area (Å²) < 4.78 is 21.5. The van der Waals surface area contributed by atoms with E-state index in [2.05, 4.69) is 4.74 Å². The van der Waals surface area contributed by atoms with Crippen molar-refractivity contribution >= 4 is 11.9 Å². The largest absolute Gasteiger partial charge is 0.478 e. The highest BCUT2D eigenvalue weighted by molar-refractivity contribution is 6.02. The monoisotopic (exact) mass is 270 g/mol. The van der Waals surface area contributed by atoms with Gasteiger partial charge in [0.05, 0.1) is 18.3 Å². The minimum atomic E-state index is -1.19. The number of carboxylic acid groups (broad SMARTS) is 1. The third-order valence-corrected chi connectivity index (χ3v) is 3.55. The second kappa shape index (κ2) is 3.78. The Balaban J connectivity index is 2.02. The number of hydrogen-bond acceptors (Lipinski definition) is 6. The molecule has 2 bridgehead atoms. The van der Waals surface area contributed by atoms with Gasteiger partial charge in [0.1, 0.15) is 24.4 Å². The first-order valence-corrected chi connectivity index (χ1v) is 5.92. The molecule has 0 unspecified atom stereocenters. The number of fused-ring (bicyclic) bond motifs is 5. The van der Waals surface area contributed by atoms with Gasteiger partial charge >= 0.3 is 11.9 Å². The van der Waals surface area contributed by atoms with Crippen molar-refractivity contribution in [3.63, 3.8) is 0 Å². The molecule has 104 valence electrons. The molecule has 0 aromatic heterocycles. The molecule has 3 aliphatic rings. The van der Waals surface area contributed by atoms with Crippen LogP contribution in [0.5, 0.6) is 0 Å². The van der Waals surface area contributed by atoms with Crippen molar-refractivity contribution in [1.82, 2.24) is 0 Å². The van der Waals surface area contributed by atoms with E-state index in [4.69, 9.17) is 14.2 Å². The Morgan fingerprint density at radius 3 is 2.16 bits per heavy atom. The number of aliphatic carboxylic acids is 1. The molecule has 7 nitrogen and oxygen atoms in total. The summed E-state index contributed by atoms with van der Waals surface area (Å²) in [7, 11) is 1.20. The molecule has 0 saturated carbocycles. The van der Waals surface area contributed by atoms with Gasteiger partial charge in [0, 0.05) is 0 Å². The normalized spacial score (nSPS) is 38.5. The standard InChI is InChI=1S/C12H14O7/c1-12(2)18-8-6-4(10(13)14)5(11(15)16-3)7(17-6)9(8)19-12/h6-9H,1-3H3,(H,13,14)/t6-,7+,8-,9+/m0/s1. The van der Waals surface area contributed by atoms with Gasteiger partial charge in [-0.1, -0.05) is 0 Å². The lowest BCUT2D eigenvalue weighted by atomic mass is 9.87. The summed E-state index contributed by atoms with van der Waals surface area (Å²) in [5, 5.41) is 9.26. The first kappa shape index (κ1) is 12.6. The summed E-state index contributed by atoms with van der Waals surface area (Å²) >= 11 is 0. The topological polar surface area (TPSA) is 91.3 Å². The summed E-state index contributed by atoms with van der Waals surface area (Å²) in [6, 6.07) is 0. The molecule has 0 aromatic carbocycles. The smallest absolute Gasteiger partial charge is 0.337 e. The van der Waals surface area contributed by atoms with Gasteiger partial charge in [0.15, 0.2) is 5.79 Å². The van der Waals surface area contributed by atoms with E-state index in [1.165, 1.54) is 7.11 Å². The fourth-order valence-electron chi connectivity index (χ4n) is 2.94. The number of esters is 1. The van der Waals surface area contributed by atoms with Crippen molar-refractivity contribution in [2.75, 3.05) is 7.11 Å². The molecule has 0 spiro atoms. The molecule has 0 amide bonds. The molecule has 2 saturated heterocycles. The van der Waals surface area contributed by atoms with Crippen molar-refractivity contribution in [1.29, 1.82) is 0 Å². The first-order valence-electron chi connectivity index (χ1n) is 5.92. The van der Waals surface area contributed by atoms with E-state index >= 15 is 0 Å². The van der Waals surface area contributed by atoms with Crippen LogP contribution in [0.25, 0.3) is 0 Å². The fourth-order valence-corrected chi connectivity index (χ4v) is 2.94. The molecular formula is C12H14O7. The van der Waals surface area contributed by atoms with Crippen molar-refractivity contribution in [3.05, 3.63) is 11.1 Å². The number of rotatable bonds is 2. The number of carbonyl (C=O) groups excluding carboxylic acids is 1. The quantitative estimate of drug-likeness (QED) is 0.697. The van der Waals surface area contributed by atoms with Crippen molar-refractivity contribution < 1.29 is 33.6 Å². The number of hydrogen-bond donors (Lipinski definition) is 1. The van der Waals surface area contributed by atoms with Gasteiger partial charge in [-0.15, -0.1) is 0 Å². The third kappa shape index (κ3) is 1.62. The minimum absolute atomic E-state index is 0.0301. The molecule has 3 heterocycles. The Bertz CT molecular complexity index is 492. The molecule has 0 aliphatic carbocycles. The van der Waals surface area contributed by atoms with Gasteiger partial charge in [-0.3, -0.25) is 0 Å². The van der Waals surface area contributed by atoms with Gasteiger partial charge in [-0.25, -0.2) is 9.59 Å². The van der Waals surface area contributed by atoms with Crippen molar-refractivity contribution in [2.24, 2.45) is 0 Å². The Hall–Kier alpha value is -1.44. The van der Waals surface area contributed by atoms with Crippen LogP contribution in [0.2, 0.25) is 0 Å². The van der Waals surface area contributed by atoms with Crippen LogP contribution < -0.4 is 0 Å². The number of methoxy groups -OCH3 is 1. The van der Waals surface area contributed by atoms with E-state index < -0.39 is 42.1 Å². The second-order valence-electron chi connectivity index (χ2n) is 5.17. The first-order chi connectivity index (χ1) is 8.85. The van der Waals surface area contributed by atoms with Crippen LogP contribution in [0.3, 0.4) is 0 Å². The zero-order valence-electron chi connectivity index (χ0n) is 10.7. The Labute approximate surface area is 109 Å². The Kier molecular flexibility index (Phi) is 2.51. The highest BCUT2D eigenvalue weighted by Crippen LogP contribution is 2.48. The summed E-state index contributed by atoms with van der Waals surface area (Å²) in [6.45, 7) is 3.48. The second-order valence-corrected chi connectivity index (χ2v) is 5.17. The molecule has 0 aromatic rings. The van der Waals surface area contributed by atoms with Crippen LogP contribution in [-0.4, -0.2) is 54.4 Å². The van der Waals surface area contributed by atoms with Crippen molar-refractivity contribution in [2.45, 2.75) is 44.1 Å². The minimum Gasteiger partial charge on any atom is -0.478 e. The maximum atomic E-state index is 11.7. The summed E-state index contributed by atoms with van der Waals surface area (Å²) in [5.74, 6) is -2.71. The highest BCUT2D eigenvalue weighted by Gasteiger charge is 2.64. The lowest BCUT2D eigenvalue weighted by Gasteiger charge is -2.20. The van der Waals surface area contributed by atoms with Gasteiger partial charge in [-0.05, 0) is 13.8 Å². The highest BCUT2D eigenvalue weighted by atomic mass is 16.8. The van der Waals surface area contributed by atoms with E-state index in [1.54, 1.807) is 13.8 Å². The molecular weight excluding hydrogens is 256 g/mol. The molecule has 7 heteroatoms. The molecule has 4 atom stereocenters. The molecule has 3 rings (SSSR count). The zero-order chi connectivity index (χ0) is 13.9. The maximum Gasteiger partial charge on any atom is 0.337 e. The van der Waals surface area contributed by atoms with Crippen LogP contribution in [-0.2, 0) is 28.5 Å². The molecule has 2 fully saturated rings. The summed E-state index contributed by atoms with van der Waals surface area (Å²) in [4.78, 5) is 23.1. The van der Waals surface area contributed by atoms with E-state index in [0.29, 0.717) is 0 Å². The van der Waals surface area contributed by atoms with Gasteiger partial charge in [0.25, 0.3) is 0 Å². The maximum absolute atomic E-state index is 11.7. The molecule has 0 radical (unpaired) electrons. The van der Waals surface area contributed by atoms with E-state index in [9.17, 15) is 14.7 Å². The van der Waals surface area contributed by atoms with E-state index in [-0.39, 0.29) is 11.1 Å². The third-order valence-electron chi connectivity index (χ3n) is 3.55. The lowest BCUT2D eigenvalue weighted by Crippen LogP contribution is -2.40. The average Bonchev–Trinajstić information content (AvgIpc) is 2.93. The molecule has 3 aliphatic heterocycles. The molecule has 1 N–H and O–H groups in total. The van der Waals surface area contributed by atoms with Gasteiger partial charge in [0.2, 0.25) is 0 Å². The Morgan fingerprint density at radius 2 is 1.68 bits per heavy atom. The molecule has 19 heavy (non-hydrogen) atoms. The van der Waals surface area contributed by atoms with Gasteiger partial charge in [-0.2, -0.15) is 0 Å². The predicted molar refractivity (Wildman–Crippen MR) is 59.2 cm³/mol. The average molecular weight is 270 g/mol. The predicted octanol–water partition coefficient (Wildman–Crippen LogP) is -0.158. The number of ether oxygens (including phenoxy) is 4. The van der Waals surface area contributed by atoms with Crippen LogP contribution in [0.15, 0.2) is 11.1 Å². The van der Waals surface area contributed by atoms with Crippen LogP contribution in [0.4, 0.5) is 0 Å². The number of carbonyl (C=O) groups is 2. The van der Waals surface area contributed by atoms with Crippen LogP contribution >= 0.6 is 0 Å². The van der Waals surface area contributed by atoms with E-state index in [1.807, 2.05) is 0 Å². The van der Waals surface area contributed by atoms with Gasteiger partial charge < -0.3 is 24.1 Å². The summed E-state index contributed by atoms with van der Waals surface area (Å²) in [5.41, 5.74) is -0.0537.